The first-order valence-corrected chi connectivity index (χ1v) is 4.63. The van der Waals surface area contributed by atoms with E-state index in [1.807, 2.05) is 0 Å². The van der Waals surface area contributed by atoms with E-state index in [4.69, 9.17) is 11.6 Å². The van der Waals surface area contributed by atoms with Gasteiger partial charge >= 0.3 is 5.97 Å². The van der Waals surface area contributed by atoms with Crippen LogP contribution in [0.25, 0.3) is 0 Å². The largest absolute Gasteiger partial charge is 0.469 e. The highest BCUT2D eigenvalue weighted by molar-refractivity contribution is 6.99. The zero-order chi connectivity index (χ0) is 9.68. The number of hydrogen-bond donors (Lipinski definition) is 1. The molecule has 0 bridgehead atoms. The molecule has 5 nitrogen and oxygen atoms in total. The summed E-state index contributed by atoms with van der Waals surface area (Å²) in [6.45, 7) is 0.442. The van der Waals surface area contributed by atoms with Crippen LogP contribution < -0.4 is 5.32 Å². The van der Waals surface area contributed by atoms with Gasteiger partial charge in [0.25, 0.3) is 0 Å². The molecule has 0 spiro atoms. The van der Waals surface area contributed by atoms with E-state index in [-0.39, 0.29) is 12.4 Å². The van der Waals surface area contributed by atoms with Crippen LogP contribution in [0.3, 0.4) is 0 Å². The number of halogens is 1. The lowest BCUT2D eigenvalue weighted by atomic mass is 10.4. The first-order valence-electron chi connectivity index (χ1n) is 3.52. The van der Waals surface area contributed by atoms with Crippen molar-refractivity contribution in [1.82, 2.24) is 8.75 Å². The second-order valence-electron chi connectivity index (χ2n) is 2.16. The summed E-state index contributed by atoms with van der Waals surface area (Å²) in [5.41, 5.74) is 0. The lowest BCUT2D eigenvalue weighted by Gasteiger charge is -2.00. The number of carbonyl (C=O) groups excluding carboxylic acids is 1. The molecule has 13 heavy (non-hydrogen) atoms. The molecule has 72 valence electrons. The SMILES string of the molecule is COC(=O)CCNc1nsnc1Cl. The third-order valence-corrected chi connectivity index (χ3v) is 2.19. The van der Waals surface area contributed by atoms with Gasteiger partial charge in [-0.3, -0.25) is 4.79 Å². The van der Waals surface area contributed by atoms with E-state index in [0.29, 0.717) is 17.5 Å². The molecule has 0 saturated carbocycles. The fraction of sp³-hybridized carbons (Fsp3) is 0.500. The van der Waals surface area contributed by atoms with Gasteiger partial charge in [0.1, 0.15) is 0 Å². The van der Waals surface area contributed by atoms with Crippen LogP contribution in [0.5, 0.6) is 0 Å². The number of methoxy groups -OCH3 is 1. The van der Waals surface area contributed by atoms with E-state index in [0.717, 1.165) is 11.7 Å². The first kappa shape index (κ1) is 10.2. The predicted molar refractivity (Wildman–Crippen MR) is 50.0 cm³/mol. The second kappa shape index (κ2) is 4.98. The number of esters is 1. The van der Waals surface area contributed by atoms with E-state index in [9.17, 15) is 4.79 Å². The van der Waals surface area contributed by atoms with Gasteiger partial charge < -0.3 is 10.1 Å². The van der Waals surface area contributed by atoms with Crippen molar-refractivity contribution in [3.63, 3.8) is 0 Å². The Morgan fingerprint density at radius 3 is 3.00 bits per heavy atom. The van der Waals surface area contributed by atoms with Crippen LogP contribution in [0.1, 0.15) is 6.42 Å². The van der Waals surface area contributed by atoms with Gasteiger partial charge in [-0.15, -0.1) is 0 Å². The van der Waals surface area contributed by atoms with E-state index in [1.165, 1.54) is 7.11 Å². The summed E-state index contributed by atoms with van der Waals surface area (Å²) < 4.78 is 12.1. The highest BCUT2D eigenvalue weighted by Gasteiger charge is 2.05. The van der Waals surface area contributed by atoms with E-state index in [2.05, 4.69) is 18.8 Å². The molecule has 0 aliphatic heterocycles. The molecule has 1 N–H and O–H groups in total. The summed E-state index contributed by atoms with van der Waals surface area (Å²) in [6, 6.07) is 0. The zero-order valence-corrected chi connectivity index (χ0v) is 8.48. The first-order chi connectivity index (χ1) is 6.24. The van der Waals surface area contributed by atoms with Gasteiger partial charge in [0.05, 0.1) is 25.3 Å². The average Bonchev–Trinajstić information content (AvgIpc) is 2.52. The van der Waals surface area contributed by atoms with Crippen LogP contribution in [0.15, 0.2) is 0 Å². The van der Waals surface area contributed by atoms with Gasteiger partial charge in [-0.05, 0) is 0 Å². The van der Waals surface area contributed by atoms with Crippen LogP contribution in [-0.2, 0) is 9.53 Å². The molecular weight excluding hydrogens is 214 g/mol. The van der Waals surface area contributed by atoms with Crippen LogP contribution in [-0.4, -0.2) is 28.4 Å². The molecular formula is C6H8ClN3O2S. The van der Waals surface area contributed by atoms with E-state index < -0.39 is 0 Å². The molecule has 0 radical (unpaired) electrons. The van der Waals surface area contributed by atoms with Gasteiger partial charge in [0.15, 0.2) is 11.0 Å². The maximum Gasteiger partial charge on any atom is 0.307 e. The smallest absolute Gasteiger partial charge is 0.307 e. The van der Waals surface area contributed by atoms with Crippen molar-refractivity contribution in [2.45, 2.75) is 6.42 Å². The Morgan fingerprint density at radius 1 is 1.69 bits per heavy atom. The predicted octanol–water partition coefficient (Wildman–Crippen LogP) is 1.17. The normalized spacial score (nSPS) is 9.69. The van der Waals surface area contributed by atoms with Gasteiger partial charge in [-0.1, -0.05) is 11.6 Å². The van der Waals surface area contributed by atoms with Crippen LogP contribution in [0, 0.1) is 0 Å². The van der Waals surface area contributed by atoms with Crippen molar-refractivity contribution >= 4 is 35.1 Å². The Balaban J connectivity index is 2.28. The Labute approximate surface area is 84.4 Å². The quantitative estimate of drug-likeness (QED) is 0.774. The van der Waals surface area contributed by atoms with Gasteiger partial charge in [-0.2, -0.15) is 8.75 Å². The number of anilines is 1. The minimum Gasteiger partial charge on any atom is -0.469 e. The van der Waals surface area contributed by atoms with Crippen molar-refractivity contribution < 1.29 is 9.53 Å². The number of rotatable bonds is 4. The number of nitrogens with one attached hydrogen (secondary N) is 1. The zero-order valence-electron chi connectivity index (χ0n) is 6.91. The van der Waals surface area contributed by atoms with Gasteiger partial charge in [0, 0.05) is 6.54 Å². The van der Waals surface area contributed by atoms with Crippen molar-refractivity contribution in [3.05, 3.63) is 5.15 Å². The molecule has 1 heterocycles. The molecule has 0 fully saturated rings. The summed E-state index contributed by atoms with van der Waals surface area (Å²) in [6.07, 6.45) is 0.282. The molecule has 0 amide bonds. The molecule has 0 unspecified atom stereocenters. The molecule has 0 aromatic carbocycles. The third-order valence-electron chi connectivity index (χ3n) is 1.30. The monoisotopic (exact) mass is 221 g/mol. The number of carbonyl (C=O) groups is 1. The highest BCUT2D eigenvalue weighted by Crippen LogP contribution is 2.17. The third kappa shape index (κ3) is 3.16. The molecule has 0 aliphatic rings. The van der Waals surface area contributed by atoms with Gasteiger partial charge in [0.2, 0.25) is 0 Å². The van der Waals surface area contributed by atoms with Crippen LogP contribution >= 0.6 is 23.3 Å². The summed E-state index contributed by atoms with van der Waals surface area (Å²) in [5, 5.41) is 3.19. The lowest BCUT2D eigenvalue weighted by molar-refractivity contribution is -0.140. The fourth-order valence-corrected chi connectivity index (χ4v) is 1.35. The summed E-state index contributed by atoms with van der Waals surface area (Å²) in [4.78, 5) is 10.7. The Morgan fingerprint density at radius 2 is 2.46 bits per heavy atom. The Hall–Kier alpha value is -0.880. The fourth-order valence-electron chi connectivity index (χ4n) is 0.668. The van der Waals surface area contributed by atoms with Crippen molar-refractivity contribution in [2.24, 2.45) is 0 Å². The number of ether oxygens (including phenoxy) is 1. The van der Waals surface area contributed by atoms with E-state index >= 15 is 0 Å². The molecule has 1 aromatic heterocycles. The second-order valence-corrected chi connectivity index (χ2v) is 3.04. The summed E-state index contributed by atoms with van der Waals surface area (Å²) >= 11 is 6.67. The maximum atomic E-state index is 10.7. The standard InChI is InChI=1S/C6H8ClN3O2S/c1-12-4(11)2-3-8-6-5(7)9-13-10-6/h2-3H2,1H3,(H,8,10). The summed E-state index contributed by atoms with van der Waals surface area (Å²) in [5.74, 6) is 0.238. The lowest BCUT2D eigenvalue weighted by Crippen LogP contribution is -2.09. The molecule has 1 rings (SSSR count). The maximum absolute atomic E-state index is 10.7. The minimum absolute atomic E-state index is 0.271. The van der Waals surface area contributed by atoms with Crippen LogP contribution in [0.4, 0.5) is 5.82 Å². The topological polar surface area (TPSA) is 64.1 Å². The molecule has 0 aliphatic carbocycles. The summed E-state index contributed by atoms with van der Waals surface area (Å²) in [7, 11) is 1.35. The minimum atomic E-state index is -0.271. The van der Waals surface area contributed by atoms with Crippen molar-refractivity contribution in [1.29, 1.82) is 0 Å². The number of nitrogens with zero attached hydrogens (tertiary/aromatic N) is 2. The average molecular weight is 222 g/mol. The van der Waals surface area contributed by atoms with E-state index in [1.54, 1.807) is 0 Å². The number of hydrogen-bond acceptors (Lipinski definition) is 6. The Bertz CT molecular complexity index is 291. The van der Waals surface area contributed by atoms with Crippen molar-refractivity contribution in [2.75, 3.05) is 19.0 Å². The molecule has 1 aromatic rings. The van der Waals surface area contributed by atoms with Gasteiger partial charge in [-0.25, -0.2) is 0 Å². The van der Waals surface area contributed by atoms with Crippen LogP contribution in [0.2, 0.25) is 5.15 Å². The van der Waals surface area contributed by atoms with Crippen molar-refractivity contribution in [3.8, 4) is 0 Å². The molecule has 0 atom stereocenters. The highest BCUT2D eigenvalue weighted by atomic mass is 35.5. The number of aromatic nitrogens is 2. The Kier molecular flexibility index (Phi) is 3.91. The molecule has 7 heteroatoms. The molecule has 0 saturated heterocycles.